The molecule has 0 unspecified atom stereocenters. The van der Waals surface area contributed by atoms with Crippen molar-refractivity contribution in [2.45, 2.75) is 6.92 Å². The molecule has 9 aromatic rings. The number of hydrogen-bond acceptors (Lipinski definition) is 3. The van der Waals surface area contributed by atoms with Gasteiger partial charge in [-0.05, 0) is 59.3 Å². The predicted octanol–water partition coefficient (Wildman–Crippen LogP) is 13.0. The Labute approximate surface area is 309 Å². The maximum absolute atomic E-state index is 4.88. The van der Waals surface area contributed by atoms with Gasteiger partial charge in [0.05, 0.1) is 40.5 Å². The van der Waals surface area contributed by atoms with Crippen molar-refractivity contribution in [1.82, 2.24) is 14.5 Å². The maximum Gasteiger partial charge on any atom is 0.159 e. The van der Waals surface area contributed by atoms with Crippen molar-refractivity contribution >= 4 is 55.7 Å². The van der Waals surface area contributed by atoms with Crippen molar-refractivity contribution in [3.05, 3.63) is 200 Å². The Morgan fingerprint density at radius 3 is 2.11 bits per heavy atom. The Morgan fingerprint density at radius 1 is 0.585 bits per heavy atom. The van der Waals surface area contributed by atoms with Gasteiger partial charge >= 0.3 is 0 Å². The first-order chi connectivity index (χ1) is 26.2. The van der Waals surface area contributed by atoms with E-state index in [2.05, 4.69) is 156 Å². The topological polar surface area (TPSA) is 34.0 Å². The smallest absolute Gasteiger partial charge is 0.159 e. The summed E-state index contributed by atoms with van der Waals surface area (Å²) in [5.41, 5.74) is 12.0. The number of anilines is 3. The molecule has 4 nitrogen and oxygen atoms in total. The quantitative estimate of drug-likeness (QED) is 0.150. The molecule has 0 saturated heterocycles. The Morgan fingerprint density at radius 2 is 1.26 bits per heavy atom. The number of benzene rings is 7. The molecule has 0 amide bonds. The Kier molecular flexibility index (Phi) is 8.18. The molecule has 2 heterocycles. The molecule has 0 bridgehead atoms. The second-order valence-electron chi connectivity index (χ2n) is 13.2. The summed E-state index contributed by atoms with van der Waals surface area (Å²) in [6.07, 6.45) is 9.81. The molecule has 53 heavy (non-hydrogen) atoms. The predicted molar refractivity (Wildman–Crippen MR) is 223 cm³/mol. The third-order valence-corrected chi connectivity index (χ3v) is 10.1. The van der Waals surface area contributed by atoms with Gasteiger partial charge in [-0.2, -0.15) is 0 Å². The summed E-state index contributed by atoms with van der Waals surface area (Å²) in [7, 11) is 0. The van der Waals surface area contributed by atoms with Gasteiger partial charge in [0.1, 0.15) is 0 Å². The highest BCUT2D eigenvalue weighted by atomic mass is 15.2. The molecule has 9 rings (SSSR count). The normalized spacial score (nSPS) is 11.5. The number of para-hydroxylation sites is 2. The van der Waals surface area contributed by atoms with E-state index in [4.69, 9.17) is 9.97 Å². The van der Waals surface area contributed by atoms with Crippen molar-refractivity contribution in [1.29, 1.82) is 0 Å². The summed E-state index contributed by atoms with van der Waals surface area (Å²) < 4.78 is 2.41. The SMILES string of the molecule is C=C/C=C\c1cccc(-n2c3ccccc3c3ccc(-c4ccccc4N(c4cnc(-c5ccccc5)nc4)c4cccc5ccccc45)cc32)c1C. The van der Waals surface area contributed by atoms with Gasteiger partial charge in [-0.3, -0.25) is 0 Å². The molecule has 0 aliphatic heterocycles. The van der Waals surface area contributed by atoms with Crippen molar-refractivity contribution in [2.24, 2.45) is 0 Å². The average molecular weight is 681 g/mol. The van der Waals surface area contributed by atoms with Gasteiger partial charge in [0, 0.05) is 33.0 Å². The van der Waals surface area contributed by atoms with Crippen LogP contribution in [-0.2, 0) is 0 Å². The highest BCUT2D eigenvalue weighted by Gasteiger charge is 2.21. The second-order valence-corrected chi connectivity index (χ2v) is 13.2. The number of rotatable bonds is 8. The number of nitrogens with zero attached hydrogens (tertiary/aromatic N) is 4. The van der Waals surface area contributed by atoms with Gasteiger partial charge in [-0.15, -0.1) is 0 Å². The molecule has 0 spiro atoms. The third kappa shape index (κ3) is 5.67. The Bertz CT molecular complexity index is 2810. The van der Waals surface area contributed by atoms with E-state index in [0.29, 0.717) is 5.82 Å². The van der Waals surface area contributed by atoms with E-state index in [9.17, 15) is 0 Å². The minimum Gasteiger partial charge on any atom is -0.309 e. The largest absolute Gasteiger partial charge is 0.309 e. The maximum atomic E-state index is 4.88. The number of allylic oxidation sites excluding steroid dienone is 2. The fourth-order valence-electron chi connectivity index (χ4n) is 7.53. The second kappa shape index (κ2) is 13.6. The van der Waals surface area contributed by atoms with Crippen LogP contribution in [0.5, 0.6) is 0 Å². The first-order valence-corrected chi connectivity index (χ1v) is 17.9. The molecule has 0 saturated carbocycles. The van der Waals surface area contributed by atoms with E-state index >= 15 is 0 Å². The van der Waals surface area contributed by atoms with E-state index in [-0.39, 0.29) is 0 Å². The fraction of sp³-hybridized carbons (Fsp3) is 0.0204. The van der Waals surface area contributed by atoms with E-state index in [1.54, 1.807) is 0 Å². The summed E-state index contributed by atoms with van der Waals surface area (Å²) in [6.45, 7) is 6.08. The molecule has 7 aromatic carbocycles. The molecule has 0 aliphatic rings. The summed E-state index contributed by atoms with van der Waals surface area (Å²) in [4.78, 5) is 12.1. The first-order valence-electron chi connectivity index (χ1n) is 17.9. The van der Waals surface area contributed by atoms with Gasteiger partial charge in [0.2, 0.25) is 0 Å². The number of hydrogen-bond donors (Lipinski definition) is 0. The van der Waals surface area contributed by atoms with Crippen LogP contribution in [0.1, 0.15) is 11.1 Å². The van der Waals surface area contributed by atoms with Gasteiger partial charge in [-0.25, -0.2) is 9.97 Å². The molecule has 0 N–H and O–H groups in total. The zero-order chi connectivity index (χ0) is 35.7. The van der Waals surface area contributed by atoms with Crippen molar-refractivity contribution in [3.8, 4) is 28.2 Å². The fourth-order valence-corrected chi connectivity index (χ4v) is 7.53. The molecule has 0 radical (unpaired) electrons. The highest BCUT2D eigenvalue weighted by Crippen LogP contribution is 2.44. The van der Waals surface area contributed by atoms with Gasteiger partial charge in [-0.1, -0.05) is 152 Å². The zero-order valence-electron chi connectivity index (χ0n) is 29.4. The van der Waals surface area contributed by atoms with Gasteiger partial charge in [0.25, 0.3) is 0 Å². The zero-order valence-corrected chi connectivity index (χ0v) is 29.4. The minimum atomic E-state index is 0.693. The Hall–Kier alpha value is -7.04. The summed E-state index contributed by atoms with van der Waals surface area (Å²) >= 11 is 0. The molecule has 4 heteroatoms. The van der Waals surface area contributed by atoms with Crippen LogP contribution in [0.15, 0.2) is 189 Å². The molecule has 0 aliphatic carbocycles. The summed E-state index contributed by atoms with van der Waals surface area (Å²) in [5.74, 6) is 0.693. The van der Waals surface area contributed by atoms with Crippen LogP contribution in [0.4, 0.5) is 17.1 Å². The van der Waals surface area contributed by atoms with Crippen LogP contribution < -0.4 is 4.90 Å². The summed E-state index contributed by atoms with van der Waals surface area (Å²) in [6, 6.07) is 55.8. The third-order valence-electron chi connectivity index (χ3n) is 10.1. The molecule has 2 aromatic heterocycles. The first kappa shape index (κ1) is 31.9. The number of aromatic nitrogens is 3. The van der Waals surface area contributed by atoms with Crippen LogP contribution in [0, 0.1) is 6.92 Å². The lowest BCUT2D eigenvalue weighted by Crippen LogP contribution is -2.12. The van der Waals surface area contributed by atoms with Crippen LogP contribution in [-0.4, -0.2) is 14.5 Å². The van der Waals surface area contributed by atoms with E-state index in [0.717, 1.165) is 50.3 Å². The summed E-state index contributed by atoms with van der Waals surface area (Å²) in [5, 5.41) is 4.75. The molecular weight excluding hydrogens is 645 g/mol. The molecule has 0 fully saturated rings. The average Bonchev–Trinajstić information content (AvgIpc) is 3.55. The molecular formula is C49H36N4. The number of fused-ring (bicyclic) bond motifs is 4. The molecule has 0 atom stereocenters. The van der Waals surface area contributed by atoms with E-state index in [1.165, 1.54) is 32.8 Å². The minimum absolute atomic E-state index is 0.693. The monoisotopic (exact) mass is 680 g/mol. The lowest BCUT2D eigenvalue weighted by atomic mass is 9.99. The van der Waals surface area contributed by atoms with Crippen molar-refractivity contribution < 1.29 is 0 Å². The van der Waals surface area contributed by atoms with E-state index < -0.39 is 0 Å². The van der Waals surface area contributed by atoms with Gasteiger partial charge in [0.15, 0.2) is 5.82 Å². The lowest BCUT2D eigenvalue weighted by molar-refractivity contribution is 1.14. The molecule has 252 valence electrons. The van der Waals surface area contributed by atoms with Crippen LogP contribution in [0.25, 0.3) is 66.9 Å². The van der Waals surface area contributed by atoms with Gasteiger partial charge < -0.3 is 9.47 Å². The lowest BCUT2D eigenvalue weighted by Gasteiger charge is -2.28. The van der Waals surface area contributed by atoms with Crippen molar-refractivity contribution in [3.63, 3.8) is 0 Å². The highest BCUT2D eigenvalue weighted by molar-refractivity contribution is 6.11. The van der Waals surface area contributed by atoms with Crippen LogP contribution in [0.3, 0.4) is 0 Å². The van der Waals surface area contributed by atoms with Crippen LogP contribution in [0.2, 0.25) is 0 Å². The van der Waals surface area contributed by atoms with Crippen molar-refractivity contribution in [2.75, 3.05) is 4.90 Å². The Balaban J connectivity index is 1.26. The van der Waals surface area contributed by atoms with Crippen LogP contribution >= 0.6 is 0 Å². The van der Waals surface area contributed by atoms with E-state index in [1.807, 2.05) is 54.9 Å². The standard InChI is InChI=1S/C49H36N4/c1-3-4-16-35-20-14-27-44(34(35)2)53-47-26-13-11-24-42(47)43-30-29-38(31-48(43)53)41-23-10-12-25-45(41)52(46-28-15-21-36-17-8-9-22-40(36)46)39-32-50-49(51-33-39)37-18-6-5-7-19-37/h3-33H,1H2,2H3/b16-4-.